The monoisotopic (exact) mass is 249 g/mol. The van der Waals surface area contributed by atoms with Crippen molar-refractivity contribution in [1.29, 1.82) is 0 Å². The number of imidazole rings is 1. The van der Waals surface area contributed by atoms with Gasteiger partial charge in [0.15, 0.2) is 0 Å². The molecule has 0 unspecified atom stereocenters. The highest BCUT2D eigenvalue weighted by Gasteiger charge is 2.05. The molecule has 0 bridgehead atoms. The smallest absolute Gasteiger partial charge is 0.111 e. The lowest BCUT2D eigenvalue weighted by molar-refractivity contribution is 0.567. The molecular formula is C13H19N3S. The van der Waals surface area contributed by atoms with Crippen LogP contribution < -0.4 is 5.32 Å². The molecule has 0 spiro atoms. The van der Waals surface area contributed by atoms with E-state index in [1.165, 1.54) is 10.7 Å². The summed E-state index contributed by atoms with van der Waals surface area (Å²) in [5, 5.41) is 5.57. The van der Waals surface area contributed by atoms with E-state index in [1.807, 2.05) is 6.20 Å². The van der Waals surface area contributed by atoms with Crippen LogP contribution in [0.5, 0.6) is 0 Å². The van der Waals surface area contributed by atoms with E-state index in [0.29, 0.717) is 5.92 Å². The van der Waals surface area contributed by atoms with Crippen LogP contribution in [0.25, 0.3) is 0 Å². The molecular weight excluding hydrogens is 230 g/mol. The summed E-state index contributed by atoms with van der Waals surface area (Å²) in [6.07, 6.45) is 3.94. The average Bonchev–Trinajstić information content (AvgIpc) is 2.95. The van der Waals surface area contributed by atoms with Gasteiger partial charge in [-0.3, -0.25) is 0 Å². The fourth-order valence-corrected chi connectivity index (χ4v) is 2.51. The lowest BCUT2D eigenvalue weighted by atomic mass is 10.2. The Morgan fingerprint density at radius 3 is 3.06 bits per heavy atom. The van der Waals surface area contributed by atoms with Gasteiger partial charge in [-0.1, -0.05) is 19.9 Å². The van der Waals surface area contributed by atoms with Crippen molar-refractivity contribution in [2.24, 2.45) is 0 Å². The molecule has 0 fully saturated rings. The molecule has 0 radical (unpaired) electrons. The first kappa shape index (κ1) is 12.3. The molecule has 2 rings (SSSR count). The average molecular weight is 249 g/mol. The molecule has 0 aliphatic heterocycles. The Balaban J connectivity index is 1.76. The van der Waals surface area contributed by atoms with Crippen molar-refractivity contribution in [1.82, 2.24) is 14.9 Å². The summed E-state index contributed by atoms with van der Waals surface area (Å²) < 4.78 is 2.23. The topological polar surface area (TPSA) is 29.9 Å². The minimum absolute atomic E-state index is 0.488. The van der Waals surface area contributed by atoms with E-state index in [0.717, 1.165) is 19.6 Å². The Morgan fingerprint density at radius 1 is 1.47 bits per heavy atom. The fraction of sp³-hybridized carbons (Fsp3) is 0.462. The molecule has 17 heavy (non-hydrogen) atoms. The van der Waals surface area contributed by atoms with E-state index in [1.54, 1.807) is 11.3 Å². The normalized spacial score (nSPS) is 11.2. The van der Waals surface area contributed by atoms with Gasteiger partial charge in [0.05, 0.1) is 0 Å². The molecule has 0 aliphatic rings. The van der Waals surface area contributed by atoms with Gasteiger partial charge in [0.1, 0.15) is 5.82 Å². The maximum absolute atomic E-state index is 4.38. The van der Waals surface area contributed by atoms with Crippen molar-refractivity contribution in [3.63, 3.8) is 0 Å². The Labute approximate surface area is 107 Å². The highest BCUT2D eigenvalue weighted by Crippen LogP contribution is 2.11. The van der Waals surface area contributed by atoms with Crippen LogP contribution in [0.1, 0.15) is 30.5 Å². The summed E-state index contributed by atoms with van der Waals surface area (Å²) in [7, 11) is 0. The standard InChI is InChI=1S/C13H19N3S/c1-11(2)13-15-6-8-16(13)7-5-14-10-12-4-3-9-17-12/h3-4,6,8-9,11,14H,5,7,10H2,1-2H3. The number of hydrogen-bond acceptors (Lipinski definition) is 3. The van der Waals surface area contributed by atoms with E-state index < -0.39 is 0 Å². The van der Waals surface area contributed by atoms with Crippen LogP contribution in [0.3, 0.4) is 0 Å². The molecule has 2 aromatic rings. The number of thiophene rings is 1. The van der Waals surface area contributed by atoms with Crippen LogP contribution in [0, 0.1) is 0 Å². The van der Waals surface area contributed by atoms with Crippen LogP contribution >= 0.6 is 11.3 Å². The second-order valence-corrected chi connectivity index (χ2v) is 5.42. The minimum atomic E-state index is 0.488. The van der Waals surface area contributed by atoms with Gasteiger partial charge in [-0.05, 0) is 11.4 Å². The van der Waals surface area contributed by atoms with Crippen LogP contribution in [0.4, 0.5) is 0 Å². The molecule has 0 aromatic carbocycles. The molecule has 4 heteroatoms. The van der Waals surface area contributed by atoms with Gasteiger partial charge in [-0.2, -0.15) is 0 Å². The summed E-state index contributed by atoms with van der Waals surface area (Å²) >= 11 is 1.80. The van der Waals surface area contributed by atoms with Gasteiger partial charge in [0.25, 0.3) is 0 Å². The second-order valence-electron chi connectivity index (χ2n) is 4.39. The Kier molecular flexibility index (Phi) is 4.34. The number of hydrogen-bond donors (Lipinski definition) is 1. The highest BCUT2D eigenvalue weighted by atomic mass is 32.1. The maximum atomic E-state index is 4.38. The van der Waals surface area contributed by atoms with Gasteiger partial charge < -0.3 is 9.88 Å². The SMILES string of the molecule is CC(C)c1nccn1CCNCc1cccs1. The summed E-state index contributed by atoms with van der Waals surface area (Å²) in [5.74, 6) is 1.66. The largest absolute Gasteiger partial charge is 0.333 e. The van der Waals surface area contributed by atoms with Crippen molar-refractivity contribution >= 4 is 11.3 Å². The minimum Gasteiger partial charge on any atom is -0.333 e. The Morgan fingerprint density at radius 2 is 2.35 bits per heavy atom. The first-order chi connectivity index (χ1) is 8.27. The van der Waals surface area contributed by atoms with Crippen molar-refractivity contribution in [3.8, 4) is 0 Å². The van der Waals surface area contributed by atoms with Gasteiger partial charge >= 0.3 is 0 Å². The molecule has 92 valence electrons. The molecule has 0 saturated carbocycles. The molecule has 3 nitrogen and oxygen atoms in total. The number of aromatic nitrogens is 2. The molecule has 0 aliphatic carbocycles. The lowest BCUT2D eigenvalue weighted by Gasteiger charge is -2.10. The summed E-state index contributed by atoms with van der Waals surface area (Å²) in [6, 6.07) is 4.25. The third-order valence-electron chi connectivity index (χ3n) is 2.67. The van der Waals surface area contributed by atoms with E-state index in [2.05, 4.69) is 52.4 Å². The van der Waals surface area contributed by atoms with Crippen LogP contribution in [0.2, 0.25) is 0 Å². The molecule has 0 amide bonds. The van der Waals surface area contributed by atoms with E-state index in [4.69, 9.17) is 0 Å². The third-order valence-corrected chi connectivity index (χ3v) is 3.55. The molecule has 1 N–H and O–H groups in total. The number of nitrogens with zero attached hydrogens (tertiary/aromatic N) is 2. The van der Waals surface area contributed by atoms with Crippen molar-refractivity contribution in [2.45, 2.75) is 32.9 Å². The molecule has 0 saturated heterocycles. The number of rotatable bonds is 6. The summed E-state index contributed by atoms with van der Waals surface area (Å²) in [6.45, 7) is 7.28. The Bertz CT molecular complexity index is 431. The third kappa shape index (κ3) is 3.41. The highest BCUT2D eigenvalue weighted by molar-refractivity contribution is 7.09. The predicted octanol–water partition coefficient (Wildman–Crippen LogP) is 2.86. The van der Waals surface area contributed by atoms with E-state index in [9.17, 15) is 0 Å². The zero-order chi connectivity index (χ0) is 12.1. The van der Waals surface area contributed by atoms with Gasteiger partial charge in [-0.15, -0.1) is 11.3 Å². The first-order valence-corrected chi connectivity index (χ1v) is 6.89. The number of nitrogens with one attached hydrogen (secondary N) is 1. The quantitative estimate of drug-likeness (QED) is 0.798. The zero-order valence-electron chi connectivity index (χ0n) is 10.4. The zero-order valence-corrected chi connectivity index (χ0v) is 11.2. The van der Waals surface area contributed by atoms with Gasteiger partial charge in [0.2, 0.25) is 0 Å². The van der Waals surface area contributed by atoms with E-state index >= 15 is 0 Å². The summed E-state index contributed by atoms with van der Waals surface area (Å²) in [4.78, 5) is 5.77. The van der Waals surface area contributed by atoms with Gasteiger partial charge in [0, 0.05) is 42.8 Å². The molecule has 0 atom stereocenters. The molecule has 2 heterocycles. The van der Waals surface area contributed by atoms with Crippen LogP contribution in [0.15, 0.2) is 29.9 Å². The maximum Gasteiger partial charge on any atom is 0.111 e. The molecule has 2 aromatic heterocycles. The van der Waals surface area contributed by atoms with Gasteiger partial charge in [-0.25, -0.2) is 4.98 Å². The van der Waals surface area contributed by atoms with Crippen molar-refractivity contribution in [3.05, 3.63) is 40.6 Å². The van der Waals surface area contributed by atoms with Crippen molar-refractivity contribution < 1.29 is 0 Å². The lowest BCUT2D eigenvalue weighted by Crippen LogP contribution is -2.20. The summed E-state index contributed by atoms with van der Waals surface area (Å²) in [5.41, 5.74) is 0. The predicted molar refractivity (Wildman–Crippen MR) is 72.3 cm³/mol. The fourth-order valence-electron chi connectivity index (χ4n) is 1.83. The van der Waals surface area contributed by atoms with Crippen LogP contribution in [-0.2, 0) is 13.1 Å². The first-order valence-electron chi connectivity index (χ1n) is 6.01. The Hall–Kier alpha value is -1.13. The van der Waals surface area contributed by atoms with Crippen molar-refractivity contribution in [2.75, 3.05) is 6.54 Å². The van der Waals surface area contributed by atoms with Crippen LogP contribution in [-0.4, -0.2) is 16.1 Å². The second kappa shape index (κ2) is 5.98. The van der Waals surface area contributed by atoms with E-state index in [-0.39, 0.29) is 0 Å².